The standard InChI is InChI=1S/C6H5ClO3S.Cd/c7-5-1-3-6(4-2-5)11(8,9)10;/h1-4H,(H,8,9,10);. The van der Waals surface area contributed by atoms with E-state index in [0.29, 0.717) is 5.02 Å². The van der Waals surface area contributed by atoms with E-state index in [4.69, 9.17) is 16.2 Å². The van der Waals surface area contributed by atoms with Crippen molar-refractivity contribution >= 4 is 21.7 Å². The zero-order valence-electron chi connectivity index (χ0n) is 6.07. The fraction of sp³-hybridized carbons (Fsp3) is 0. The van der Waals surface area contributed by atoms with Gasteiger partial charge in [-0.25, -0.2) is 0 Å². The van der Waals surface area contributed by atoms with E-state index in [9.17, 15) is 8.42 Å². The Morgan fingerprint density at radius 3 is 1.92 bits per heavy atom. The van der Waals surface area contributed by atoms with Gasteiger partial charge in [0.15, 0.2) is 0 Å². The zero-order valence-corrected chi connectivity index (χ0v) is 11.7. The van der Waals surface area contributed by atoms with E-state index in [1.165, 1.54) is 24.3 Å². The van der Waals surface area contributed by atoms with Crippen LogP contribution in [0.15, 0.2) is 29.2 Å². The molecule has 62 valence electrons. The normalized spacial score (nSPS) is 10.5. The minimum Gasteiger partial charge on any atom is -0.282 e. The van der Waals surface area contributed by atoms with E-state index >= 15 is 0 Å². The van der Waals surface area contributed by atoms with Crippen LogP contribution in [-0.4, -0.2) is 13.0 Å². The Hall–Kier alpha value is 0.342. The van der Waals surface area contributed by atoms with Crippen LogP contribution in [-0.2, 0) is 37.4 Å². The van der Waals surface area contributed by atoms with Crippen molar-refractivity contribution in [1.82, 2.24) is 0 Å². The summed E-state index contributed by atoms with van der Waals surface area (Å²) in [4.78, 5) is -0.151. The van der Waals surface area contributed by atoms with Crippen LogP contribution in [0, 0.1) is 0 Å². The fourth-order valence-corrected chi connectivity index (χ4v) is 1.21. The smallest absolute Gasteiger partial charge is 0.282 e. The van der Waals surface area contributed by atoms with Crippen LogP contribution < -0.4 is 0 Å². The summed E-state index contributed by atoms with van der Waals surface area (Å²) < 4.78 is 29.4. The maximum atomic E-state index is 10.5. The Balaban J connectivity index is 0.00000121. The van der Waals surface area contributed by atoms with Crippen molar-refractivity contribution in [2.75, 3.05) is 0 Å². The third-order valence-corrected chi connectivity index (χ3v) is 2.23. The second-order valence-corrected chi connectivity index (χ2v) is 3.79. The van der Waals surface area contributed by atoms with Gasteiger partial charge in [0.1, 0.15) is 0 Å². The molecule has 0 atom stereocenters. The van der Waals surface area contributed by atoms with Gasteiger partial charge < -0.3 is 0 Å². The van der Waals surface area contributed by atoms with Crippen molar-refractivity contribution in [3.05, 3.63) is 29.3 Å². The molecule has 0 spiro atoms. The van der Waals surface area contributed by atoms with Gasteiger partial charge >= 0.3 is 0 Å². The van der Waals surface area contributed by atoms with Gasteiger partial charge in [-0.05, 0) is 24.3 Å². The summed E-state index contributed by atoms with van der Waals surface area (Å²) in [6.45, 7) is 0. The monoisotopic (exact) mass is 306 g/mol. The minimum absolute atomic E-state index is 0. The molecule has 0 bridgehead atoms. The quantitative estimate of drug-likeness (QED) is 0.633. The molecule has 0 aliphatic rings. The largest absolute Gasteiger partial charge is 0.294 e. The molecule has 0 unspecified atom stereocenters. The van der Waals surface area contributed by atoms with Crippen LogP contribution in [0.1, 0.15) is 0 Å². The number of halogens is 1. The number of hydrogen-bond donors (Lipinski definition) is 1. The first-order chi connectivity index (χ1) is 5.00. The molecular weight excluding hydrogens is 300 g/mol. The molecule has 1 aromatic rings. The SMILES string of the molecule is O=S(=O)(O)c1ccc(Cl)cc1.[Cd]. The summed E-state index contributed by atoms with van der Waals surface area (Å²) in [5.41, 5.74) is 0. The van der Waals surface area contributed by atoms with E-state index in [0.717, 1.165) is 0 Å². The molecule has 6 heteroatoms. The first-order valence-corrected chi connectivity index (χ1v) is 4.55. The average Bonchev–Trinajstić information content (AvgIpc) is 1.86. The molecule has 0 aliphatic heterocycles. The molecule has 0 fully saturated rings. The fourth-order valence-electron chi connectivity index (χ4n) is 0.607. The van der Waals surface area contributed by atoms with Crippen LogP contribution in [0.2, 0.25) is 5.02 Å². The van der Waals surface area contributed by atoms with Crippen molar-refractivity contribution in [3.63, 3.8) is 0 Å². The summed E-state index contributed by atoms with van der Waals surface area (Å²) in [7, 11) is -4.08. The molecule has 0 amide bonds. The number of benzene rings is 1. The Morgan fingerprint density at radius 1 is 1.17 bits per heavy atom. The summed E-state index contributed by atoms with van der Waals surface area (Å²) in [5, 5.41) is 0.428. The molecule has 1 aromatic carbocycles. The molecule has 0 radical (unpaired) electrons. The summed E-state index contributed by atoms with van der Waals surface area (Å²) >= 11 is 5.49. The maximum Gasteiger partial charge on any atom is 0.294 e. The van der Waals surface area contributed by atoms with E-state index in [1.54, 1.807) is 0 Å². The molecule has 0 saturated heterocycles. The second kappa shape index (κ2) is 4.54. The van der Waals surface area contributed by atoms with Gasteiger partial charge in [0.05, 0.1) is 4.90 Å². The number of hydrogen-bond acceptors (Lipinski definition) is 2. The van der Waals surface area contributed by atoms with Crippen molar-refractivity contribution in [2.24, 2.45) is 0 Å². The molecule has 0 aromatic heterocycles. The van der Waals surface area contributed by atoms with E-state index in [-0.39, 0.29) is 32.2 Å². The van der Waals surface area contributed by atoms with Gasteiger partial charge in [-0.1, -0.05) is 11.6 Å². The van der Waals surface area contributed by atoms with E-state index in [2.05, 4.69) is 0 Å². The molecule has 0 heterocycles. The van der Waals surface area contributed by atoms with Crippen LogP contribution in [0.25, 0.3) is 0 Å². The molecular formula is C6H5CdClO3S. The van der Waals surface area contributed by atoms with Gasteiger partial charge in [-0.15, -0.1) is 0 Å². The van der Waals surface area contributed by atoms with E-state index in [1.807, 2.05) is 0 Å². The van der Waals surface area contributed by atoms with Gasteiger partial charge in [-0.3, -0.25) is 4.55 Å². The Morgan fingerprint density at radius 2 is 1.58 bits per heavy atom. The summed E-state index contributed by atoms with van der Waals surface area (Å²) in [6.07, 6.45) is 0. The zero-order chi connectivity index (χ0) is 8.48. The Bertz CT molecular complexity index is 346. The van der Waals surface area contributed by atoms with Crippen molar-refractivity contribution in [1.29, 1.82) is 0 Å². The first kappa shape index (κ1) is 12.3. The molecule has 1 rings (SSSR count). The van der Waals surface area contributed by atoms with Crippen LogP contribution in [0.4, 0.5) is 0 Å². The van der Waals surface area contributed by atoms with Crippen molar-refractivity contribution < 1.29 is 40.3 Å². The topological polar surface area (TPSA) is 54.4 Å². The predicted octanol–water partition coefficient (Wildman–Crippen LogP) is 1.58. The summed E-state index contributed by atoms with van der Waals surface area (Å²) in [6, 6.07) is 5.25. The third kappa shape index (κ3) is 3.38. The van der Waals surface area contributed by atoms with Crippen LogP contribution >= 0.6 is 11.6 Å². The first-order valence-electron chi connectivity index (χ1n) is 2.73. The summed E-state index contributed by atoms with van der Waals surface area (Å²) in [5.74, 6) is 0. The van der Waals surface area contributed by atoms with Gasteiger partial charge in [0.2, 0.25) is 0 Å². The maximum absolute atomic E-state index is 10.5. The second-order valence-electron chi connectivity index (χ2n) is 1.93. The molecule has 3 nitrogen and oxygen atoms in total. The van der Waals surface area contributed by atoms with Gasteiger partial charge in [-0.2, -0.15) is 8.42 Å². The van der Waals surface area contributed by atoms with Crippen LogP contribution in [0.5, 0.6) is 0 Å². The van der Waals surface area contributed by atoms with Crippen molar-refractivity contribution in [3.8, 4) is 0 Å². The third-order valence-electron chi connectivity index (χ3n) is 1.11. The van der Waals surface area contributed by atoms with Crippen LogP contribution in [0.3, 0.4) is 0 Å². The molecule has 0 saturated carbocycles. The van der Waals surface area contributed by atoms with E-state index < -0.39 is 10.1 Å². The minimum atomic E-state index is -4.08. The predicted molar refractivity (Wildman–Crippen MR) is 41.3 cm³/mol. The molecule has 1 N–H and O–H groups in total. The van der Waals surface area contributed by atoms with Gasteiger partial charge in [0.25, 0.3) is 10.1 Å². The van der Waals surface area contributed by atoms with Gasteiger partial charge in [0, 0.05) is 32.3 Å². The molecule has 0 aliphatic carbocycles. The van der Waals surface area contributed by atoms with Crippen molar-refractivity contribution in [2.45, 2.75) is 4.90 Å². The number of rotatable bonds is 1. The Labute approximate surface area is 95.6 Å². The average molecular weight is 305 g/mol. The Kier molecular flexibility index (Phi) is 4.67. The molecule has 12 heavy (non-hydrogen) atoms.